The molecule has 0 spiro atoms. The minimum absolute atomic E-state index is 0.0452. The average molecular weight is 482 g/mol. The van der Waals surface area contributed by atoms with Gasteiger partial charge in [0.2, 0.25) is 0 Å². The Hall–Kier alpha value is -3.21. The van der Waals surface area contributed by atoms with E-state index in [4.69, 9.17) is 14.2 Å². The van der Waals surface area contributed by atoms with Crippen molar-refractivity contribution in [1.29, 1.82) is 0 Å². The summed E-state index contributed by atoms with van der Waals surface area (Å²) in [5.74, 6) is -3.78. The molecule has 0 bridgehead atoms. The maximum atomic E-state index is 12.9. The largest absolute Gasteiger partial charge is 0.507 e. The van der Waals surface area contributed by atoms with Gasteiger partial charge in [-0.1, -0.05) is 0 Å². The average Bonchev–Trinajstić information content (AvgIpc) is 2.69. The molecule has 0 fully saturated rings. The second-order valence-corrected chi connectivity index (χ2v) is 9.27. The number of hydrogen-bond acceptors (Lipinski definition) is 9. The molecule has 0 unspecified atom stereocenters. The van der Waals surface area contributed by atoms with Crippen molar-refractivity contribution in [3.63, 3.8) is 0 Å². The highest BCUT2D eigenvalue weighted by atomic mass is 32.2. The van der Waals surface area contributed by atoms with Crippen LogP contribution in [0.2, 0.25) is 0 Å². The van der Waals surface area contributed by atoms with Gasteiger partial charge in [-0.05, 0) is 27.7 Å². The minimum Gasteiger partial charge on any atom is -0.507 e. The standard InChI is InChI=1S/C22H27NO9S/c1-11-16(30-5)7-15(24)13-9-33-10-14(20(27)28)23-19(26)12(8-31-21(29)18(11)13)6-17(25)32-22(2,3)4/h6-7,14,24H,8-10H2,1-5H3,(H,23,26)(H,27,28)/b12-6-/t14-/m0/s1. The third-order valence-corrected chi connectivity index (χ3v) is 5.59. The van der Waals surface area contributed by atoms with E-state index in [0.717, 1.165) is 17.8 Å². The molecule has 1 heterocycles. The summed E-state index contributed by atoms with van der Waals surface area (Å²) in [4.78, 5) is 49.5. The number of ether oxygens (including phenoxy) is 3. The number of amides is 1. The second kappa shape index (κ2) is 10.6. The summed E-state index contributed by atoms with van der Waals surface area (Å²) in [6.07, 6.45) is 0.864. The summed E-state index contributed by atoms with van der Waals surface area (Å²) in [5, 5.41) is 22.3. The maximum absolute atomic E-state index is 12.9. The van der Waals surface area contributed by atoms with Gasteiger partial charge in [0.05, 0.1) is 18.2 Å². The van der Waals surface area contributed by atoms with Crippen molar-refractivity contribution in [2.24, 2.45) is 0 Å². The number of methoxy groups -OCH3 is 1. The fourth-order valence-electron chi connectivity index (χ4n) is 3.00. The summed E-state index contributed by atoms with van der Waals surface area (Å²) in [6.45, 7) is 5.91. The fourth-order valence-corrected chi connectivity index (χ4v) is 4.07. The highest BCUT2D eigenvalue weighted by Gasteiger charge is 2.28. The number of nitrogens with one attached hydrogen (secondary N) is 1. The fraction of sp³-hybridized carbons (Fsp3) is 0.455. The molecule has 0 radical (unpaired) electrons. The molecule has 1 amide bonds. The van der Waals surface area contributed by atoms with Crippen LogP contribution in [0, 0.1) is 6.92 Å². The first-order chi connectivity index (χ1) is 15.3. The van der Waals surface area contributed by atoms with Crippen LogP contribution in [0.3, 0.4) is 0 Å². The first-order valence-corrected chi connectivity index (χ1v) is 11.1. The Morgan fingerprint density at radius 1 is 1.30 bits per heavy atom. The van der Waals surface area contributed by atoms with Gasteiger partial charge in [0.25, 0.3) is 5.91 Å². The molecule has 180 valence electrons. The lowest BCUT2D eigenvalue weighted by atomic mass is 10.0. The molecule has 0 aliphatic carbocycles. The topological polar surface area (TPSA) is 148 Å². The van der Waals surface area contributed by atoms with Crippen LogP contribution < -0.4 is 10.1 Å². The molecule has 0 saturated carbocycles. The molecule has 10 nitrogen and oxygen atoms in total. The van der Waals surface area contributed by atoms with E-state index in [9.17, 15) is 29.4 Å². The normalized spacial score (nSPS) is 18.8. The van der Waals surface area contributed by atoms with Crippen molar-refractivity contribution in [2.45, 2.75) is 45.1 Å². The van der Waals surface area contributed by atoms with E-state index in [2.05, 4.69) is 5.32 Å². The van der Waals surface area contributed by atoms with Crippen LogP contribution in [0.25, 0.3) is 0 Å². The van der Waals surface area contributed by atoms with E-state index in [-0.39, 0.29) is 39.7 Å². The monoisotopic (exact) mass is 481 g/mol. The van der Waals surface area contributed by atoms with E-state index >= 15 is 0 Å². The highest BCUT2D eigenvalue weighted by molar-refractivity contribution is 7.98. The Balaban J connectivity index is 2.52. The number of fused-ring (bicyclic) bond motifs is 1. The SMILES string of the molecule is COc1cc(O)c2c(c1C)C(=O)OC/C(=C/C(=O)OC(C)(C)C)C(=O)N[C@H](C(=O)O)CSC2. The number of hydrogen-bond donors (Lipinski definition) is 3. The number of phenols is 1. The maximum Gasteiger partial charge on any atom is 0.339 e. The van der Waals surface area contributed by atoms with Gasteiger partial charge >= 0.3 is 17.9 Å². The van der Waals surface area contributed by atoms with Gasteiger partial charge in [0, 0.05) is 34.8 Å². The number of benzene rings is 1. The molecule has 1 aromatic carbocycles. The van der Waals surface area contributed by atoms with Crippen LogP contribution in [0.5, 0.6) is 11.5 Å². The van der Waals surface area contributed by atoms with Crippen molar-refractivity contribution in [3.8, 4) is 11.5 Å². The third kappa shape index (κ3) is 6.88. The zero-order chi connectivity index (χ0) is 24.9. The number of aliphatic carboxylic acids is 1. The lowest BCUT2D eigenvalue weighted by Crippen LogP contribution is -2.44. The van der Waals surface area contributed by atoms with E-state index in [1.165, 1.54) is 13.2 Å². The molecular weight excluding hydrogens is 454 g/mol. The molecule has 0 saturated heterocycles. The molecule has 1 aliphatic rings. The number of carboxylic acids is 1. The van der Waals surface area contributed by atoms with Crippen LogP contribution in [0.1, 0.15) is 42.3 Å². The molecule has 1 aromatic rings. The van der Waals surface area contributed by atoms with Crippen molar-refractivity contribution in [2.75, 3.05) is 19.5 Å². The second-order valence-electron chi connectivity index (χ2n) is 8.24. The zero-order valence-corrected chi connectivity index (χ0v) is 19.8. The smallest absolute Gasteiger partial charge is 0.339 e. The van der Waals surface area contributed by atoms with Crippen LogP contribution >= 0.6 is 11.8 Å². The number of carbonyl (C=O) groups is 4. The van der Waals surface area contributed by atoms with E-state index in [1.54, 1.807) is 27.7 Å². The quantitative estimate of drug-likeness (QED) is 0.432. The number of aromatic hydroxyl groups is 1. The van der Waals surface area contributed by atoms with Crippen molar-refractivity contribution in [1.82, 2.24) is 5.32 Å². The molecule has 33 heavy (non-hydrogen) atoms. The van der Waals surface area contributed by atoms with E-state index in [0.29, 0.717) is 5.56 Å². The first-order valence-electron chi connectivity index (χ1n) is 9.95. The highest BCUT2D eigenvalue weighted by Crippen LogP contribution is 2.35. The summed E-state index contributed by atoms with van der Waals surface area (Å²) in [5.41, 5.74) is -0.428. The summed E-state index contributed by atoms with van der Waals surface area (Å²) in [7, 11) is 1.38. The Labute approximate surface area is 195 Å². The third-order valence-electron chi connectivity index (χ3n) is 4.53. The lowest BCUT2D eigenvalue weighted by Gasteiger charge is -2.21. The number of thioether (sulfide) groups is 1. The molecule has 2 rings (SSSR count). The Morgan fingerprint density at radius 3 is 2.55 bits per heavy atom. The van der Waals surface area contributed by atoms with Crippen LogP contribution in [0.4, 0.5) is 0 Å². The summed E-state index contributed by atoms with van der Waals surface area (Å²) in [6, 6.07) is 0.0719. The number of cyclic esters (lactones) is 1. The molecular formula is C22H27NO9S. The number of carbonyl (C=O) groups excluding carboxylic acids is 3. The van der Waals surface area contributed by atoms with Crippen LogP contribution in [0.15, 0.2) is 17.7 Å². The van der Waals surface area contributed by atoms with Gasteiger partial charge in [0.1, 0.15) is 29.7 Å². The van der Waals surface area contributed by atoms with Crippen LogP contribution in [-0.4, -0.2) is 65.1 Å². The van der Waals surface area contributed by atoms with Crippen molar-refractivity contribution in [3.05, 3.63) is 34.4 Å². The molecule has 3 N–H and O–H groups in total. The van der Waals surface area contributed by atoms with Gasteiger partial charge in [0.15, 0.2) is 0 Å². The predicted molar refractivity (Wildman–Crippen MR) is 119 cm³/mol. The van der Waals surface area contributed by atoms with Crippen molar-refractivity contribution >= 4 is 35.6 Å². The first kappa shape index (κ1) is 26.0. The Morgan fingerprint density at radius 2 is 1.97 bits per heavy atom. The summed E-state index contributed by atoms with van der Waals surface area (Å²) >= 11 is 1.10. The van der Waals surface area contributed by atoms with E-state index < -0.39 is 42.1 Å². The summed E-state index contributed by atoms with van der Waals surface area (Å²) < 4.78 is 15.7. The lowest BCUT2D eigenvalue weighted by molar-refractivity contribution is -0.148. The van der Waals surface area contributed by atoms with E-state index in [1.807, 2.05) is 0 Å². The Bertz CT molecular complexity index is 995. The molecule has 11 heteroatoms. The molecule has 1 atom stereocenters. The molecule has 1 aliphatic heterocycles. The predicted octanol–water partition coefficient (Wildman–Crippen LogP) is 1.95. The minimum atomic E-state index is -1.29. The van der Waals surface area contributed by atoms with Gasteiger partial charge in [-0.25, -0.2) is 14.4 Å². The van der Waals surface area contributed by atoms with Crippen LogP contribution in [-0.2, 0) is 29.6 Å². The molecule has 0 aromatic heterocycles. The number of esters is 2. The van der Waals surface area contributed by atoms with Gasteiger partial charge in [-0.15, -0.1) is 0 Å². The number of carboxylic acid groups (broad SMARTS) is 1. The van der Waals surface area contributed by atoms with Crippen molar-refractivity contribution < 1.29 is 43.6 Å². The van der Waals surface area contributed by atoms with Gasteiger partial charge < -0.3 is 29.7 Å². The number of phenolic OH excluding ortho intramolecular Hbond substituents is 1. The zero-order valence-electron chi connectivity index (χ0n) is 19.0. The Kier molecular flexibility index (Phi) is 8.37. The van der Waals surface area contributed by atoms with Gasteiger partial charge in [-0.3, -0.25) is 4.79 Å². The number of rotatable bonds is 3. The van der Waals surface area contributed by atoms with Gasteiger partial charge in [-0.2, -0.15) is 11.8 Å².